The minimum Gasteiger partial charge on any atom is -0.466 e. The average Bonchev–Trinajstić information content (AvgIpc) is 2.73. The molecule has 0 aliphatic heterocycles. The molecule has 1 aromatic heterocycles. The number of furan rings is 1. The first kappa shape index (κ1) is 15.6. The van der Waals surface area contributed by atoms with Crippen molar-refractivity contribution in [2.45, 2.75) is 33.2 Å². The summed E-state index contributed by atoms with van der Waals surface area (Å²) in [6.07, 6.45) is 1.08. The van der Waals surface area contributed by atoms with E-state index in [1.54, 1.807) is 0 Å². The van der Waals surface area contributed by atoms with Crippen molar-refractivity contribution in [1.82, 2.24) is 5.32 Å². The van der Waals surface area contributed by atoms with Gasteiger partial charge in [0, 0.05) is 10.0 Å². The molecule has 2 nitrogen and oxygen atoms in total. The van der Waals surface area contributed by atoms with Crippen molar-refractivity contribution in [2.75, 3.05) is 6.54 Å². The highest BCUT2D eigenvalue weighted by molar-refractivity contribution is 9.10. The number of aryl methyl sites for hydroxylation is 2. The molecule has 0 bridgehead atoms. The lowest BCUT2D eigenvalue weighted by Crippen LogP contribution is -2.23. The zero-order chi connectivity index (χ0) is 14.7. The molecule has 108 valence electrons. The van der Waals surface area contributed by atoms with Crippen LogP contribution in [0.1, 0.15) is 42.0 Å². The van der Waals surface area contributed by atoms with Gasteiger partial charge in [0.15, 0.2) is 0 Å². The smallest absolute Gasteiger partial charge is 0.106 e. The first-order valence-corrected chi connectivity index (χ1v) is 7.95. The Morgan fingerprint density at radius 1 is 1.30 bits per heavy atom. The maximum Gasteiger partial charge on any atom is 0.106 e. The first-order chi connectivity index (χ1) is 9.52. The molecule has 1 unspecified atom stereocenters. The van der Waals surface area contributed by atoms with Gasteiger partial charge in [0.05, 0.1) is 11.1 Å². The molecule has 0 spiro atoms. The molecular formula is C16H19BrClNO. The predicted octanol–water partition coefficient (Wildman–Crippen LogP) is 5.40. The highest BCUT2D eigenvalue weighted by Gasteiger charge is 2.19. The molecule has 1 atom stereocenters. The largest absolute Gasteiger partial charge is 0.466 e. The number of rotatable bonds is 5. The van der Waals surface area contributed by atoms with E-state index in [1.165, 1.54) is 5.56 Å². The van der Waals surface area contributed by atoms with Crippen LogP contribution >= 0.6 is 27.5 Å². The summed E-state index contributed by atoms with van der Waals surface area (Å²) in [4.78, 5) is 0. The van der Waals surface area contributed by atoms with Crippen LogP contribution in [0.15, 0.2) is 33.2 Å². The van der Waals surface area contributed by atoms with E-state index in [1.807, 2.05) is 26.0 Å². The van der Waals surface area contributed by atoms with Gasteiger partial charge in [0.2, 0.25) is 0 Å². The molecule has 0 aliphatic rings. The highest BCUT2D eigenvalue weighted by Crippen LogP contribution is 2.31. The number of hydrogen-bond acceptors (Lipinski definition) is 2. The maximum atomic E-state index is 6.23. The van der Waals surface area contributed by atoms with Crippen LogP contribution in [0, 0.1) is 13.8 Å². The zero-order valence-electron chi connectivity index (χ0n) is 12.0. The second-order valence-corrected chi connectivity index (χ2v) is 6.19. The van der Waals surface area contributed by atoms with Gasteiger partial charge in [0.25, 0.3) is 0 Å². The predicted molar refractivity (Wildman–Crippen MR) is 87.5 cm³/mol. The fourth-order valence-corrected chi connectivity index (χ4v) is 2.76. The molecule has 1 aromatic carbocycles. The van der Waals surface area contributed by atoms with Crippen molar-refractivity contribution >= 4 is 27.5 Å². The molecule has 0 saturated carbocycles. The molecule has 2 aromatic rings. The molecule has 1 heterocycles. The molecular weight excluding hydrogens is 338 g/mol. The molecule has 20 heavy (non-hydrogen) atoms. The summed E-state index contributed by atoms with van der Waals surface area (Å²) in [5, 5.41) is 4.29. The third kappa shape index (κ3) is 3.46. The van der Waals surface area contributed by atoms with E-state index in [-0.39, 0.29) is 6.04 Å². The lowest BCUT2D eigenvalue weighted by molar-refractivity contribution is 0.493. The summed E-state index contributed by atoms with van der Waals surface area (Å²) >= 11 is 9.66. The fourth-order valence-electron chi connectivity index (χ4n) is 2.33. The van der Waals surface area contributed by atoms with Crippen molar-refractivity contribution in [2.24, 2.45) is 0 Å². The standard InChI is InChI=1S/C16H19BrClNO/c1-4-7-19-16(13-8-10(2)20-11(13)3)12-5-6-14(17)15(18)9-12/h5-6,8-9,16,19H,4,7H2,1-3H3. The van der Waals surface area contributed by atoms with E-state index in [0.29, 0.717) is 0 Å². The van der Waals surface area contributed by atoms with Gasteiger partial charge in [-0.3, -0.25) is 0 Å². The SMILES string of the molecule is CCCNC(c1ccc(Br)c(Cl)c1)c1cc(C)oc1C. The fraction of sp³-hybridized carbons (Fsp3) is 0.375. The van der Waals surface area contributed by atoms with Crippen LogP contribution < -0.4 is 5.32 Å². The molecule has 0 radical (unpaired) electrons. The summed E-state index contributed by atoms with van der Waals surface area (Å²) in [6, 6.07) is 8.28. The molecule has 2 rings (SSSR count). The van der Waals surface area contributed by atoms with E-state index < -0.39 is 0 Å². The van der Waals surface area contributed by atoms with Crippen molar-refractivity contribution in [3.05, 3.63) is 56.4 Å². The Labute approximate surface area is 133 Å². The first-order valence-electron chi connectivity index (χ1n) is 6.78. The minimum absolute atomic E-state index is 0.109. The summed E-state index contributed by atoms with van der Waals surface area (Å²) < 4.78 is 6.58. The quantitative estimate of drug-likeness (QED) is 0.775. The number of halogens is 2. The number of hydrogen-bond donors (Lipinski definition) is 1. The molecule has 1 N–H and O–H groups in total. The van der Waals surface area contributed by atoms with Crippen LogP contribution in [0.2, 0.25) is 5.02 Å². The Morgan fingerprint density at radius 2 is 2.05 bits per heavy atom. The van der Waals surface area contributed by atoms with E-state index in [9.17, 15) is 0 Å². The Bertz CT molecular complexity index is 594. The van der Waals surface area contributed by atoms with Gasteiger partial charge < -0.3 is 9.73 Å². The second kappa shape index (κ2) is 6.79. The van der Waals surface area contributed by atoms with Gasteiger partial charge in [-0.15, -0.1) is 0 Å². The van der Waals surface area contributed by atoms with E-state index in [2.05, 4.69) is 40.3 Å². The molecule has 4 heteroatoms. The molecule has 0 fully saturated rings. The number of benzene rings is 1. The van der Waals surface area contributed by atoms with E-state index in [0.717, 1.165) is 39.5 Å². The van der Waals surface area contributed by atoms with Crippen LogP contribution in [0.4, 0.5) is 0 Å². The van der Waals surface area contributed by atoms with Crippen molar-refractivity contribution in [1.29, 1.82) is 0 Å². The summed E-state index contributed by atoms with van der Waals surface area (Å²) in [6.45, 7) is 7.08. The topological polar surface area (TPSA) is 25.2 Å². The van der Waals surface area contributed by atoms with Gasteiger partial charge in [-0.1, -0.05) is 24.6 Å². The lowest BCUT2D eigenvalue weighted by Gasteiger charge is -2.19. The Kier molecular flexibility index (Phi) is 5.30. The Morgan fingerprint density at radius 3 is 2.60 bits per heavy atom. The maximum absolute atomic E-state index is 6.23. The van der Waals surface area contributed by atoms with Gasteiger partial charge in [-0.05, 0) is 66.5 Å². The van der Waals surface area contributed by atoms with Gasteiger partial charge in [-0.2, -0.15) is 0 Å². The zero-order valence-corrected chi connectivity index (χ0v) is 14.3. The van der Waals surface area contributed by atoms with E-state index >= 15 is 0 Å². The Balaban J connectivity index is 2.41. The van der Waals surface area contributed by atoms with Crippen LogP contribution in [0.5, 0.6) is 0 Å². The number of nitrogens with one attached hydrogen (secondary N) is 1. The average molecular weight is 357 g/mol. The van der Waals surface area contributed by atoms with Gasteiger partial charge >= 0.3 is 0 Å². The van der Waals surface area contributed by atoms with Crippen molar-refractivity contribution < 1.29 is 4.42 Å². The van der Waals surface area contributed by atoms with Crippen LogP contribution in [-0.2, 0) is 0 Å². The Hall–Kier alpha value is -0.770. The van der Waals surface area contributed by atoms with Crippen LogP contribution in [0.25, 0.3) is 0 Å². The van der Waals surface area contributed by atoms with Gasteiger partial charge in [0.1, 0.15) is 11.5 Å². The molecule has 0 aliphatic carbocycles. The second-order valence-electron chi connectivity index (χ2n) is 4.93. The summed E-state index contributed by atoms with van der Waals surface area (Å²) in [5.41, 5.74) is 2.32. The van der Waals surface area contributed by atoms with Crippen LogP contribution in [0.3, 0.4) is 0 Å². The molecule has 0 saturated heterocycles. The van der Waals surface area contributed by atoms with Gasteiger partial charge in [-0.25, -0.2) is 0 Å². The minimum atomic E-state index is 0.109. The van der Waals surface area contributed by atoms with E-state index in [4.69, 9.17) is 16.0 Å². The third-order valence-electron chi connectivity index (χ3n) is 3.27. The normalized spacial score (nSPS) is 12.7. The summed E-state index contributed by atoms with van der Waals surface area (Å²) in [7, 11) is 0. The van der Waals surface area contributed by atoms with Crippen molar-refractivity contribution in [3.8, 4) is 0 Å². The monoisotopic (exact) mass is 355 g/mol. The van der Waals surface area contributed by atoms with Crippen molar-refractivity contribution in [3.63, 3.8) is 0 Å². The van der Waals surface area contributed by atoms with Crippen LogP contribution in [-0.4, -0.2) is 6.54 Å². The highest BCUT2D eigenvalue weighted by atomic mass is 79.9. The summed E-state index contributed by atoms with van der Waals surface area (Å²) in [5.74, 6) is 1.89. The third-order valence-corrected chi connectivity index (χ3v) is 4.50. The molecule has 0 amide bonds. The lowest BCUT2D eigenvalue weighted by atomic mass is 9.99.